The van der Waals surface area contributed by atoms with Crippen molar-refractivity contribution in [1.29, 1.82) is 0 Å². The van der Waals surface area contributed by atoms with Gasteiger partial charge in [-0.05, 0) is 49.7 Å². The monoisotopic (exact) mass is 347 g/mol. The molecule has 1 aromatic heterocycles. The predicted molar refractivity (Wildman–Crippen MR) is 96.3 cm³/mol. The Bertz CT molecular complexity index is 785. The zero-order valence-electron chi connectivity index (χ0n) is 13.7. The second-order valence-corrected chi connectivity index (χ2v) is 7.31. The molecule has 0 unspecified atom stereocenters. The summed E-state index contributed by atoms with van der Waals surface area (Å²) in [4.78, 5) is 15.4. The van der Waals surface area contributed by atoms with E-state index in [4.69, 9.17) is 0 Å². The number of carbonyl (C=O) groups is 1. The van der Waals surface area contributed by atoms with Gasteiger partial charge in [-0.1, -0.05) is 13.3 Å². The summed E-state index contributed by atoms with van der Waals surface area (Å²) < 4.78 is 26.1. The van der Waals surface area contributed by atoms with Crippen LogP contribution >= 0.6 is 0 Å². The Balaban J connectivity index is 2.00. The summed E-state index contributed by atoms with van der Waals surface area (Å²) in [5, 5.41) is 3.14. The van der Waals surface area contributed by atoms with Crippen molar-refractivity contribution < 1.29 is 13.2 Å². The fraction of sp³-hybridized carbons (Fsp3) is 0.294. The summed E-state index contributed by atoms with van der Waals surface area (Å²) in [6.45, 7) is 3.46. The summed E-state index contributed by atoms with van der Waals surface area (Å²) in [5.41, 5.74) is 2.19. The van der Waals surface area contributed by atoms with Crippen molar-refractivity contribution in [3.8, 4) is 0 Å². The molecule has 0 bridgehead atoms. The second-order valence-electron chi connectivity index (χ2n) is 5.47. The van der Waals surface area contributed by atoms with Crippen LogP contribution in [0.3, 0.4) is 0 Å². The van der Waals surface area contributed by atoms with E-state index in [1.165, 1.54) is 6.92 Å². The molecular formula is C17H21N3O3S. The lowest BCUT2D eigenvalue weighted by atomic mass is 10.1. The molecule has 0 saturated heterocycles. The van der Waals surface area contributed by atoms with Crippen molar-refractivity contribution in [2.75, 3.05) is 15.8 Å². The molecule has 128 valence electrons. The van der Waals surface area contributed by atoms with E-state index in [0.29, 0.717) is 17.8 Å². The molecule has 2 rings (SSSR count). The van der Waals surface area contributed by atoms with Crippen LogP contribution in [0.1, 0.15) is 37.0 Å². The maximum atomic E-state index is 11.8. The van der Waals surface area contributed by atoms with Gasteiger partial charge in [0, 0.05) is 11.3 Å². The molecular weight excluding hydrogens is 326 g/mol. The Kier molecular flexibility index (Phi) is 5.92. The fourth-order valence-corrected chi connectivity index (χ4v) is 3.24. The SMILES string of the molecule is CCCCS(=O)(=O)Nc1ccc(Nc2ccc(C(C)=O)cc2)cn1. The highest BCUT2D eigenvalue weighted by Crippen LogP contribution is 2.18. The quantitative estimate of drug-likeness (QED) is 0.713. The Labute approximate surface area is 142 Å². The molecule has 0 fully saturated rings. The number of Topliss-reactive ketones (excluding diaryl/α,β-unsaturated/α-hetero) is 1. The van der Waals surface area contributed by atoms with Crippen LogP contribution in [0.4, 0.5) is 17.2 Å². The van der Waals surface area contributed by atoms with Crippen molar-refractivity contribution in [2.24, 2.45) is 0 Å². The third-order valence-electron chi connectivity index (χ3n) is 3.37. The molecule has 6 nitrogen and oxygen atoms in total. The normalized spacial score (nSPS) is 11.1. The van der Waals surface area contributed by atoms with Gasteiger partial charge in [0.1, 0.15) is 5.82 Å². The zero-order chi connectivity index (χ0) is 17.6. The van der Waals surface area contributed by atoms with Crippen molar-refractivity contribution in [3.05, 3.63) is 48.2 Å². The number of unbranched alkanes of at least 4 members (excludes halogenated alkanes) is 1. The van der Waals surface area contributed by atoms with E-state index in [1.54, 1.807) is 42.6 Å². The van der Waals surface area contributed by atoms with Gasteiger partial charge in [0.05, 0.1) is 17.6 Å². The van der Waals surface area contributed by atoms with E-state index >= 15 is 0 Å². The molecule has 0 aliphatic rings. The number of aromatic nitrogens is 1. The van der Waals surface area contributed by atoms with Gasteiger partial charge < -0.3 is 5.32 Å². The number of ketones is 1. The topological polar surface area (TPSA) is 88.2 Å². The number of anilines is 3. The number of sulfonamides is 1. The highest BCUT2D eigenvalue weighted by Gasteiger charge is 2.10. The second kappa shape index (κ2) is 7.92. The van der Waals surface area contributed by atoms with Crippen LogP contribution in [-0.4, -0.2) is 24.9 Å². The van der Waals surface area contributed by atoms with Gasteiger partial charge in [-0.2, -0.15) is 0 Å². The van der Waals surface area contributed by atoms with E-state index in [9.17, 15) is 13.2 Å². The van der Waals surface area contributed by atoms with Gasteiger partial charge >= 0.3 is 0 Å². The number of benzene rings is 1. The van der Waals surface area contributed by atoms with E-state index in [2.05, 4.69) is 15.0 Å². The number of rotatable bonds is 8. The minimum atomic E-state index is -3.35. The van der Waals surface area contributed by atoms with Crippen LogP contribution in [0.25, 0.3) is 0 Å². The van der Waals surface area contributed by atoms with Gasteiger partial charge in [0.2, 0.25) is 10.0 Å². The van der Waals surface area contributed by atoms with E-state index in [-0.39, 0.29) is 11.5 Å². The van der Waals surface area contributed by atoms with Gasteiger partial charge in [-0.25, -0.2) is 13.4 Å². The highest BCUT2D eigenvalue weighted by atomic mass is 32.2. The summed E-state index contributed by atoms with van der Waals surface area (Å²) in [6, 6.07) is 10.4. The van der Waals surface area contributed by atoms with Crippen molar-refractivity contribution in [3.63, 3.8) is 0 Å². The molecule has 0 saturated carbocycles. The van der Waals surface area contributed by atoms with Gasteiger partial charge in [-0.15, -0.1) is 0 Å². The van der Waals surface area contributed by atoms with Gasteiger partial charge in [-0.3, -0.25) is 9.52 Å². The van der Waals surface area contributed by atoms with Crippen LogP contribution in [0.5, 0.6) is 0 Å². The zero-order valence-corrected chi connectivity index (χ0v) is 14.6. The number of nitrogens with zero attached hydrogens (tertiary/aromatic N) is 1. The molecule has 1 heterocycles. The molecule has 7 heteroatoms. The first kappa shape index (κ1) is 17.9. The van der Waals surface area contributed by atoms with Crippen LogP contribution in [0, 0.1) is 0 Å². The van der Waals surface area contributed by atoms with E-state index in [0.717, 1.165) is 17.8 Å². The molecule has 2 N–H and O–H groups in total. The largest absolute Gasteiger partial charge is 0.354 e. The van der Waals surface area contributed by atoms with Crippen LogP contribution in [-0.2, 0) is 10.0 Å². The van der Waals surface area contributed by atoms with Crippen molar-refractivity contribution in [1.82, 2.24) is 4.98 Å². The average Bonchev–Trinajstić information content (AvgIpc) is 2.55. The Morgan fingerprint density at radius 1 is 1.08 bits per heavy atom. The van der Waals surface area contributed by atoms with E-state index in [1.807, 2.05) is 6.92 Å². The minimum absolute atomic E-state index is 0.0166. The number of pyridine rings is 1. The van der Waals surface area contributed by atoms with Gasteiger partial charge in [0.25, 0.3) is 0 Å². The number of hydrogen-bond acceptors (Lipinski definition) is 5. The standard InChI is InChI=1S/C17H21N3O3S/c1-3-4-11-24(22,23)20-17-10-9-16(12-18-17)19-15-7-5-14(6-8-15)13(2)21/h5-10,12,19H,3-4,11H2,1-2H3,(H,18,20). The lowest BCUT2D eigenvalue weighted by molar-refractivity contribution is 0.101. The molecule has 0 aliphatic carbocycles. The third kappa shape index (κ3) is 5.34. The molecule has 0 radical (unpaired) electrons. The Morgan fingerprint density at radius 2 is 1.75 bits per heavy atom. The predicted octanol–water partition coefficient (Wildman–Crippen LogP) is 3.57. The number of nitrogens with one attached hydrogen (secondary N) is 2. The Hall–Kier alpha value is -2.41. The average molecular weight is 347 g/mol. The highest BCUT2D eigenvalue weighted by molar-refractivity contribution is 7.92. The van der Waals surface area contributed by atoms with Crippen LogP contribution < -0.4 is 10.0 Å². The number of hydrogen-bond donors (Lipinski definition) is 2. The molecule has 2 aromatic rings. The first-order chi connectivity index (χ1) is 11.4. The molecule has 24 heavy (non-hydrogen) atoms. The summed E-state index contributed by atoms with van der Waals surface area (Å²) in [6.07, 6.45) is 2.99. The molecule has 0 amide bonds. The van der Waals surface area contributed by atoms with Crippen LogP contribution in [0.2, 0.25) is 0 Å². The maximum Gasteiger partial charge on any atom is 0.233 e. The Morgan fingerprint density at radius 3 is 2.29 bits per heavy atom. The summed E-state index contributed by atoms with van der Waals surface area (Å²) >= 11 is 0. The molecule has 0 spiro atoms. The molecule has 0 aliphatic heterocycles. The minimum Gasteiger partial charge on any atom is -0.354 e. The fourth-order valence-electron chi connectivity index (χ4n) is 2.03. The van der Waals surface area contributed by atoms with E-state index < -0.39 is 10.0 Å². The van der Waals surface area contributed by atoms with Gasteiger partial charge in [0.15, 0.2) is 5.78 Å². The lowest BCUT2D eigenvalue weighted by Gasteiger charge is -2.09. The van der Waals surface area contributed by atoms with Crippen molar-refractivity contribution >= 4 is 33.0 Å². The lowest BCUT2D eigenvalue weighted by Crippen LogP contribution is -2.17. The first-order valence-corrected chi connectivity index (χ1v) is 9.39. The third-order valence-corrected chi connectivity index (χ3v) is 4.72. The van der Waals surface area contributed by atoms with Crippen molar-refractivity contribution in [2.45, 2.75) is 26.7 Å². The number of carbonyl (C=O) groups excluding carboxylic acids is 1. The van der Waals surface area contributed by atoms with Crippen LogP contribution in [0.15, 0.2) is 42.6 Å². The molecule has 1 aromatic carbocycles. The maximum absolute atomic E-state index is 11.8. The first-order valence-electron chi connectivity index (χ1n) is 7.74. The smallest absolute Gasteiger partial charge is 0.233 e. The summed E-state index contributed by atoms with van der Waals surface area (Å²) in [7, 11) is -3.35. The summed E-state index contributed by atoms with van der Waals surface area (Å²) in [5.74, 6) is 0.403. The molecule has 0 atom stereocenters.